The molecule has 0 atom stereocenters. The summed E-state index contributed by atoms with van der Waals surface area (Å²) in [6.45, 7) is 0. The van der Waals surface area contributed by atoms with Crippen LogP contribution in [0.15, 0.2) is 174 Å². The number of hydrogen-bond acceptors (Lipinski definition) is 6. The van der Waals surface area contributed by atoms with Gasteiger partial charge in [-0.05, 0) is 81.2 Å². The van der Waals surface area contributed by atoms with E-state index in [2.05, 4.69) is 83.8 Å². The number of para-hydroxylation sites is 4. The Balaban J connectivity index is 1.14. The summed E-state index contributed by atoms with van der Waals surface area (Å²) in [5.41, 5.74) is 7.43. The molecule has 1 aliphatic heterocycles. The highest BCUT2D eigenvalue weighted by molar-refractivity contribution is 6.23. The zero-order valence-corrected chi connectivity index (χ0v) is 28.3. The van der Waals surface area contributed by atoms with Crippen LogP contribution in [-0.2, 0) is 0 Å². The van der Waals surface area contributed by atoms with Gasteiger partial charge in [0.05, 0.1) is 11.4 Å². The Morgan fingerprint density at radius 2 is 1.06 bits per heavy atom. The van der Waals surface area contributed by atoms with Crippen LogP contribution in [0.5, 0.6) is 11.5 Å². The fourth-order valence-electron chi connectivity index (χ4n) is 7.69. The zero-order chi connectivity index (χ0) is 34.9. The first-order valence-electron chi connectivity index (χ1n) is 17.6. The molecule has 0 aliphatic carbocycles. The molecule has 0 spiro atoms. The molecular weight excluding hydrogens is 653 g/mol. The number of anilines is 3. The molecule has 8 aromatic carbocycles. The van der Waals surface area contributed by atoms with Crippen LogP contribution in [0.2, 0.25) is 0 Å². The predicted molar refractivity (Wildman–Crippen MR) is 213 cm³/mol. The molecule has 248 valence electrons. The summed E-state index contributed by atoms with van der Waals surface area (Å²) in [4.78, 5) is 17.4. The summed E-state index contributed by atoms with van der Waals surface area (Å²) >= 11 is 0. The van der Waals surface area contributed by atoms with Gasteiger partial charge in [-0.2, -0.15) is 9.97 Å². The number of hydrogen-bond donors (Lipinski definition) is 0. The maximum Gasteiger partial charge on any atom is 0.239 e. The molecule has 11 rings (SSSR count). The Labute approximate surface area is 304 Å². The first-order valence-corrected chi connectivity index (χ1v) is 17.6. The van der Waals surface area contributed by atoms with E-state index in [0.717, 1.165) is 66.9 Å². The molecule has 1 aliphatic rings. The SMILES string of the molecule is c1ccc(-c2nc(-c3ccc4oc5cc(-c6cccc7ccccc67)c6ccccc6c5c4c3)nc(N3c4ccccc4Oc4ccccc43)n2)cc1. The van der Waals surface area contributed by atoms with Crippen molar-refractivity contribution in [2.45, 2.75) is 0 Å². The molecule has 6 nitrogen and oxygen atoms in total. The van der Waals surface area contributed by atoms with Gasteiger partial charge in [0.25, 0.3) is 0 Å². The van der Waals surface area contributed by atoms with Crippen molar-refractivity contribution in [3.63, 3.8) is 0 Å². The second-order valence-corrected chi connectivity index (χ2v) is 13.2. The number of fused-ring (bicyclic) bond motifs is 8. The van der Waals surface area contributed by atoms with Gasteiger partial charge >= 0.3 is 0 Å². The van der Waals surface area contributed by atoms with Crippen LogP contribution >= 0.6 is 0 Å². The van der Waals surface area contributed by atoms with Crippen LogP contribution in [-0.4, -0.2) is 15.0 Å². The first-order chi connectivity index (χ1) is 26.3. The van der Waals surface area contributed by atoms with Crippen molar-refractivity contribution in [1.29, 1.82) is 0 Å². The highest BCUT2D eigenvalue weighted by Gasteiger charge is 2.28. The highest BCUT2D eigenvalue weighted by atomic mass is 16.5. The molecule has 53 heavy (non-hydrogen) atoms. The monoisotopic (exact) mass is 680 g/mol. The third-order valence-electron chi connectivity index (χ3n) is 10.1. The van der Waals surface area contributed by atoms with E-state index in [1.807, 2.05) is 91.0 Å². The first kappa shape index (κ1) is 29.4. The zero-order valence-electron chi connectivity index (χ0n) is 28.3. The van der Waals surface area contributed by atoms with Crippen molar-refractivity contribution in [3.8, 4) is 45.4 Å². The predicted octanol–water partition coefficient (Wildman–Crippen LogP) is 12.7. The van der Waals surface area contributed by atoms with Gasteiger partial charge in [0.1, 0.15) is 11.2 Å². The molecule has 10 aromatic rings. The molecule has 0 bridgehead atoms. The van der Waals surface area contributed by atoms with E-state index in [0.29, 0.717) is 17.6 Å². The molecule has 0 fully saturated rings. The third-order valence-corrected chi connectivity index (χ3v) is 10.1. The molecule has 0 amide bonds. The fraction of sp³-hybridized carbons (Fsp3) is 0. The number of furan rings is 1. The molecule has 0 unspecified atom stereocenters. The van der Waals surface area contributed by atoms with E-state index in [1.165, 1.54) is 21.7 Å². The van der Waals surface area contributed by atoms with Gasteiger partial charge < -0.3 is 9.15 Å². The minimum Gasteiger partial charge on any atom is -0.456 e. The highest BCUT2D eigenvalue weighted by Crippen LogP contribution is 2.50. The van der Waals surface area contributed by atoms with Crippen molar-refractivity contribution in [1.82, 2.24) is 15.0 Å². The summed E-state index contributed by atoms with van der Waals surface area (Å²) in [7, 11) is 0. The maximum atomic E-state index is 6.64. The Hall–Kier alpha value is -7.31. The van der Waals surface area contributed by atoms with Crippen LogP contribution in [0.25, 0.3) is 77.4 Å². The lowest BCUT2D eigenvalue weighted by Crippen LogP contribution is -2.19. The Morgan fingerprint density at radius 1 is 0.415 bits per heavy atom. The van der Waals surface area contributed by atoms with E-state index in [-0.39, 0.29) is 0 Å². The average Bonchev–Trinajstić information content (AvgIpc) is 3.60. The maximum absolute atomic E-state index is 6.64. The largest absolute Gasteiger partial charge is 0.456 e. The molecule has 3 heterocycles. The normalized spacial score (nSPS) is 12.3. The minimum absolute atomic E-state index is 0.499. The molecule has 6 heteroatoms. The van der Waals surface area contributed by atoms with Gasteiger partial charge in [-0.3, -0.25) is 4.90 Å². The van der Waals surface area contributed by atoms with Crippen LogP contribution in [0.3, 0.4) is 0 Å². The summed E-state index contributed by atoms with van der Waals surface area (Å²) in [5, 5.41) is 6.79. The van der Waals surface area contributed by atoms with Crippen molar-refractivity contribution in [2.75, 3.05) is 4.90 Å². The van der Waals surface area contributed by atoms with Crippen molar-refractivity contribution in [2.24, 2.45) is 0 Å². The second-order valence-electron chi connectivity index (χ2n) is 13.2. The van der Waals surface area contributed by atoms with Gasteiger partial charge in [0.15, 0.2) is 23.1 Å². The quantitative estimate of drug-likeness (QED) is 0.184. The molecule has 2 aromatic heterocycles. The standard InChI is InChI=1S/C47H28N4O2/c1-2-14-30(15-3-1)45-48-46(50-47(49-45)51-38-21-8-10-23-41(38)53-42-24-11-9-22-39(42)51)31-25-26-40-37(27-31)44-35-19-7-6-18-34(35)36(28-43(44)52-40)33-20-12-16-29-13-4-5-17-32(29)33/h1-28H. The number of nitrogens with zero attached hydrogens (tertiary/aromatic N) is 4. The number of ether oxygens (including phenoxy) is 1. The second kappa shape index (κ2) is 11.6. The molecule has 0 N–H and O–H groups in total. The average molecular weight is 681 g/mol. The summed E-state index contributed by atoms with van der Waals surface area (Å²) in [5.74, 6) is 3.10. The van der Waals surface area contributed by atoms with Gasteiger partial charge in [-0.25, -0.2) is 4.98 Å². The van der Waals surface area contributed by atoms with Crippen LogP contribution < -0.4 is 9.64 Å². The van der Waals surface area contributed by atoms with E-state index >= 15 is 0 Å². The number of benzene rings is 8. The van der Waals surface area contributed by atoms with E-state index in [9.17, 15) is 0 Å². The van der Waals surface area contributed by atoms with Crippen LogP contribution in [0.4, 0.5) is 17.3 Å². The van der Waals surface area contributed by atoms with E-state index < -0.39 is 0 Å². The Bertz CT molecular complexity index is 3010. The van der Waals surface area contributed by atoms with E-state index in [4.69, 9.17) is 24.1 Å². The van der Waals surface area contributed by atoms with Gasteiger partial charge in [-0.1, -0.05) is 121 Å². The Morgan fingerprint density at radius 3 is 1.85 bits per heavy atom. The van der Waals surface area contributed by atoms with Crippen LogP contribution in [0.1, 0.15) is 0 Å². The van der Waals surface area contributed by atoms with Gasteiger partial charge in [0, 0.05) is 21.9 Å². The fourth-order valence-corrected chi connectivity index (χ4v) is 7.69. The lowest BCUT2D eigenvalue weighted by molar-refractivity contribution is 0.476. The topological polar surface area (TPSA) is 64.3 Å². The summed E-state index contributed by atoms with van der Waals surface area (Å²) < 4.78 is 12.9. The van der Waals surface area contributed by atoms with E-state index in [1.54, 1.807) is 0 Å². The van der Waals surface area contributed by atoms with Gasteiger partial charge in [-0.15, -0.1) is 0 Å². The summed E-state index contributed by atoms with van der Waals surface area (Å²) in [6.07, 6.45) is 0. The van der Waals surface area contributed by atoms with Crippen molar-refractivity contribution in [3.05, 3.63) is 170 Å². The minimum atomic E-state index is 0.499. The molecular formula is C47H28N4O2. The molecule has 0 saturated carbocycles. The summed E-state index contributed by atoms with van der Waals surface area (Å²) in [6, 6.07) is 58.0. The lowest BCUT2D eigenvalue weighted by atomic mass is 9.92. The lowest BCUT2D eigenvalue weighted by Gasteiger charge is -2.31. The van der Waals surface area contributed by atoms with Crippen LogP contribution in [0, 0.1) is 0 Å². The van der Waals surface area contributed by atoms with Crippen molar-refractivity contribution >= 4 is 60.8 Å². The Kier molecular flexibility index (Phi) is 6.45. The number of aromatic nitrogens is 3. The molecule has 0 saturated heterocycles. The van der Waals surface area contributed by atoms with Crippen molar-refractivity contribution < 1.29 is 9.15 Å². The number of rotatable bonds is 4. The third kappa shape index (κ3) is 4.70. The van der Waals surface area contributed by atoms with Gasteiger partial charge in [0.2, 0.25) is 5.95 Å². The smallest absolute Gasteiger partial charge is 0.239 e. The molecule has 0 radical (unpaired) electrons.